The van der Waals surface area contributed by atoms with Crippen molar-refractivity contribution in [3.8, 4) is 6.07 Å². The van der Waals surface area contributed by atoms with E-state index in [1.165, 1.54) is 0 Å². The number of amides is 1. The second-order valence-corrected chi connectivity index (χ2v) is 6.25. The summed E-state index contributed by atoms with van der Waals surface area (Å²) < 4.78 is 0. The molecule has 3 rings (SSSR count). The van der Waals surface area contributed by atoms with E-state index in [4.69, 9.17) is 5.26 Å². The lowest BCUT2D eigenvalue weighted by atomic mass is 10.0. The number of carbonyl (C=O) groups is 1. The summed E-state index contributed by atoms with van der Waals surface area (Å²) in [4.78, 5) is 17.2. The van der Waals surface area contributed by atoms with E-state index in [-0.39, 0.29) is 11.9 Å². The van der Waals surface area contributed by atoms with Crippen molar-refractivity contribution in [3.63, 3.8) is 0 Å². The number of aryl methyl sites for hydroxylation is 2. The number of nitrogens with one attached hydrogen (secondary N) is 1. The molecule has 124 valence electrons. The molecule has 4 nitrogen and oxygen atoms in total. The molecular formula is C21H19N3O. The Morgan fingerprint density at radius 3 is 2.52 bits per heavy atom. The molecule has 0 aliphatic heterocycles. The van der Waals surface area contributed by atoms with Crippen LogP contribution in [0.25, 0.3) is 10.9 Å². The van der Waals surface area contributed by atoms with Gasteiger partial charge in [0.1, 0.15) is 0 Å². The summed E-state index contributed by atoms with van der Waals surface area (Å²) in [6.45, 7) is 5.79. The Kier molecular flexibility index (Phi) is 4.49. The molecule has 0 fully saturated rings. The number of nitriles is 1. The molecule has 1 N–H and O–H groups in total. The van der Waals surface area contributed by atoms with Gasteiger partial charge in [0.05, 0.1) is 34.4 Å². The quantitative estimate of drug-likeness (QED) is 0.782. The van der Waals surface area contributed by atoms with Crippen LogP contribution in [0.4, 0.5) is 0 Å². The van der Waals surface area contributed by atoms with Crippen molar-refractivity contribution in [3.05, 3.63) is 76.5 Å². The second kappa shape index (κ2) is 6.74. The molecule has 0 saturated carbocycles. The maximum atomic E-state index is 12.7. The molecule has 0 aliphatic carbocycles. The molecule has 1 aromatic heterocycles. The number of rotatable bonds is 3. The molecule has 3 aromatic rings. The van der Waals surface area contributed by atoms with Crippen molar-refractivity contribution in [2.45, 2.75) is 26.8 Å². The molecule has 0 saturated heterocycles. The summed E-state index contributed by atoms with van der Waals surface area (Å²) in [7, 11) is 0. The summed E-state index contributed by atoms with van der Waals surface area (Å²) in [5.41, 5.74) is 4.87. The highest BCUT2D eigenvalue weighted by Gasteiger charge is 2.15. The summed E-state index contributed by atoms with van der Waals surface area (Å²) in [5.74, 6) is -0.148. The number of carbonyl (C=O) groups excluding carboxylic acids is 1. The van der Waals surface area contributed by atoms with Gasteiger partial charge in [0.15, 0.2) is 0 Å². The second-order valence-electron chi connectivity index (χ2n) is 6.25. The van der Waals surface area contributed by atoms with Crippen LogP contribution < -0.4 is 5.32 Å². The zero-order valence-electron chi connectivity index (χ0n) is 14.5. The van der Waals surface area contributed by atoms with E-state index in [9.17, 15) is 4.79 Å². The Hall–Kier alpha value is -3.19. The Balaban J connectivity index is 1.85. The normalized spacial score (nSPS) is 11.8. The van der Waals surface area contributed by atoms with Crippen LogP contribution in [0.15, 0.2) is 48.5 Å². The van der Waals surface area contributed by atoms with Gasteiger partial charge in [-0.25, -0.2) is 0 Å². The lowest BCUT2D eigenvalue weighted by Crippen LogP contribution is -2.27. The van der Waals surface area contributed by atoms with E-state index in [1.54, 1.807) is 12.1 Å². The van der Waals surface area contributed by atoms with E-state index in [1.807, 2.05) is 57.2 Å². The first-order valence-corrected chi connectivity index (χ1v) is 8.17. The van der Waals surface area contributed by atoms with Crippen LogP contribution in [0.5, 0.6) is 0 Å². The topological polar surface area (TPSA) is 65.8 Å². The molecule has 0 radical (unpaired) electrons. The van der Waals surface area contributed by atoms with E-state index in [2.05, 4.69) is 16.4 Å². The molecule has 0 aliphatic rings. The fraction of sp³-hybridized carbons (Fsp3) is 0.190. The molecule has 4 heteroatoms. The van der Waals surface area contributed by atoms with Crippen LogP contribution in [-0.2, 0) is 0 Å². The van der Waals surface area contributed by atoms with E-state index in [0.29, 0.717) is 16.8 Å². The average Bonchev–Trinajstić information content (AvgIpc) is 2.61. The largest absolute Gasteiger partial charge is 0.345 e. The fourth-order valence-corrected chi connectivity index (χ4v) is 2.83. The molecule has 0 bridgehead atoms. The number of benzene rings is 2. The van der Waals surface area contributed by atoms with Gasteiger partial charge in [0, 0.05) is 5.39 Å². The van der Waals surface area contributed by atoms with Crippen LogP contribution in [-0.4, -0.2) is 10.9 Å². The van der Waals surface area contributed by atoms with Crippen molar-refractivity contribution in [2.75, 3.05) is 0 Å². The number of hydrogen-bond acceptors (Lipinski definition) is 3. The predicted octanol–water partition coefficient (Wildman–Crippen LogP) is 4.21. The molecule has 25 heavy (non-hydrogen) atoms. The molecule has 2 aromatic carbocycles. The van der Waals surface area contributed by atoms with Gasteiger partial charge >= 0.3 is 0 Å². The highest BCUT2D eigenvalue weighted by molar-refractivity contribution is 5.98. The number of aromatic nitrogens is 1. The van der Waals surface area contributed by atoms with Gasteiger partial charge < -0.3 is 5.32 Å². The first-order valence-electron chi connectivity index (χ1n) is 8.17. The van der Waals surface area contributed by atoms with Gasteiger partial charge in [-0.15, -0.1) is 0 Å². The van der Waals surface area contributed by atoms with Crippen molar-refractivity contribution >= 4 is 16.8 Å². The monoisotopic (exact) mass is 329 g/mol. The third kappa shape index (κ3) is 3.51. The standard InChI is InChI=1S/C21H19N3O/c1-13-4-9-20-18(10-13)11-19(15(3)23-20)21(25)24-14(2)17-7-5-16(12-22)6-8-17/h4-11,14H,1-3H3,(H,24,25). The number of hydrogen-bond donors (Lipinski definition) is 1. The maximum Gasteiger partial charge on any atom is 0.253 e. The smallest absolute Gasteiger partial charge is 0.253 e. The van der Waals surface area contributed by atoms with Gasteiger partial charge in [0.25, 0.3) is 5.91 Å². The molecule has 1 atom stereocenters. The van der Waals surface area contributed by atoms with E-state index < -0.39 is 0 Å². The molecule has 1 heterocycles. The first kappa shape index (κ1) is 16.7. The van der Waals surface area contributed by atoms with Crippen LogP contribution >= 0.6 is 0 Å². The Morgan fingerprint density at radius 2 is 1.84 bits per heavy atom. The lowest BCUT2D eigenvalue weighted by molar-refractivity contribution is 0.0939. The van der Waals surface area contributed by atoms with Crippen molar-refractivity contribution < 1.29 is 4.79 Å². The number of fused-ring (bicyclic) bond motifs is 1. The fourth-order valence-electron chi connectivity index (χ4n) is 2.83. The van der Waals surface area contributed by atoms with E-state index in [0.717, 1.165) is 22.0 Å². The third-order valence-electron chi connectivity index (χ3n) is 4.29. The minimum absolute atomic E-state index is 0.148. The zero-order valence-corrected chi connectivity index (χ0v) is 14.5. The average molecular weight is 329 g/mol. The predicted molar refractivity (Wildman–Crippen MR) is 98.3 cm³/mol. The van der Waals surface area contributed by atoms with E-state index >= 15 is 0 Å². The lowest BCUT2D eigenvalue weighted by Gasteiger charge is -2.15. The Bertz CT molecular complexity index is 984. The van der Waals surface area contributed by atoms with Crippen molar-refractivity contribution in [1.82, 2.24) is 10.3 Å². The van der Waals surface area contributed by atoms with Gasteiger partial charge in [-0.1, -0.05) is 23.8 Å². The van der Waals surface area contributed by atoms with Crippen LogP contribution in [0.2, 0.25) is 0 Å². The molecule has 1 unspecified atom stereocenters. The highest BCUT2D eigenvalue weighted by Crippen LogP contribution is 2.20. The van der Waals surface area contributed by atoms with Crippen LogP contribution in [0.3, 0.4) is 0 Å². The van der Waals surface area contributed by atoms with Crippen LogP contribution in [0.1, 0.15) is 45.7 Å². The Morgan fingerprint density at radius 1 is 1.12 bits per heavy atom. The number of pyridine rings is 1. The van der Waals surface area contributed by atoms with Crippen molar-refractivity contribution in [1.29, 1.82) is 5.26 Å². The van der Waals surface area contributed by atoms with Gasteiger partial charge in [0.2, 0.25) is 0 Å². The van der Waals surface area contributed by atoms with Crippen LogP contribution in [0, 0.1) is 25.2 Å². The third-order valence-corrected chi connectivity index (χ3v) is 4.29. The van der Waals surface area contributed by atoms with Gasteiger partial charge in [-0.2, -0.15) is 5.26 Å². The minimum Gasteiger partial charge on any atom is -0.345 e. The Labute approximate surface area is 147 Å². The highest BCUT2D eigenvalue weighted by atomic mass is 16.1. The summed E-state index contributed by atoms with van der Waals surface area (Å²) in [6, 6.07) is 17.1. The summed E-state index contributed by atoms with van der Waals surface area (Å²) in [5, 5.41) is 12.8. The first-order chi connectivity index (χ1) is 12.0. The number of nitrogens with zero attached hydrogens (tertiary/aromatic N) is 2. The molecular weight excluding hydrogens is 310 g/mol. The van der Waals surface area contributed by atoms with Crippen molar-refractivity contribution in [2.24, 2.45) is 0 Å². The summed E-state index contributed by atoms with van der Waals surface area (Å²) in [6.07, 6.45) is 0. The zero-order chi connectivity index (χ0) is 18.0. The molecule has 0 spiro atoms. The molecule has 1 amide bonds. The van der Waals surface area contributed by atoms with Gasteiger partial charge in [-0.3, -0.25) is 9.78 Å². The SMILES string of the molecule is Cc1ccc2nc(C)c(C(=O)NC(C)c3ccc(C#N)cc3)cc2c1. The minimum atomic E-state index is -0.159. The maximum absolute atomic E-state index is 12.7. The van der Waals surface area contributed by atoms with Gasteiger partial charge in [-0.05, 0) is 56.7 Å². The summed E-state index contributed by atoms with van der Waals surface area (Å²) >= 11 is 0.